The molecule has 0 fully saturated rings. The van der Waals surface area contributed by atoms with Crippen LogP contribution >= 0.6 is 23.4 Å². The van der Waals surface area contributed by atoms with Crippen LogP contribution < -0.4 is 5.32 Å². The Morgan fingerprint density at radius 3 is 2.90 bits per heavy atom. The van der Waals surface area contributed by atoms with Crippen LogP contribution in [0.4, 0.5) is 0 Å². The minimum absolute atomic E-state index is 0.0258. The lowest BCUT2D eigenvalue weighted by atomic mass is 10.1. The molecule has 2 rings (SSSR count). The smallest absolute Gasteiger partial charge is 0.313 e. The zero-order valence-corrected chi connectivity index (χ0v) is 12.9. The van der Waals surface area contributed by atoms with Crippen molar-refractivity contribution in [2.75, 3.05) is 18.1 Å². The highest BCUT2D eigenvalue weighted by molar-refractivity contribution is 7.99. The summed E-state index contributed by atoms with van der Waals surface area (Å²) in [6, 6.07) is 5.19. The van der Waals surface area contributed by atoms with Crippen LogP contribution in [0.3, 0.4) is 0 Å². The van der Waals surface area contributed by atoms with Crippen LogP contribution in [0.25, 0.3) is 11.0 Å². The van der Waals surface area contributed by atoms with Crippen molar-refractivity contribution in [1.29, 1.82) is 0 Å². The summed E-state index contributed by atoms with van der Waals surface area (Å²) in [6.45, 7) is 2.18. The Hall–Kier alpha value is -1.66. The number of carbonyl (C=O) groups excluding carboxylic acids is 1. The lowest BCUT2D eigenvalue weighted by Crippen LogP contribution is -2.26. The SMILES string of the molecule is Cc1c(C(=O)NCCSCC(=O)O)oc2ccc(Cl)cc12. The normalized spacial score (nSPS) is 10.8. The number of nitrogens with one attached hydrogen (secondary N) is 1. The van der Waals surface area contributed by atoms with Crippen molar-refractivity contribution in [1.82, 2.24) is 5.32 Å². The van der Waals surface area contributed by atoms with E-state index >= 15 is 0 Å². The zero-order chi connectivity index (χ0) is 15.4. The molecular formula is C14H14ClNO4S. The van der Waals surface area contributed by atoms with E-state index in [2.05, 4.69) is 5.32 Å². The largest absolute Gasteiger partial charge is 0.481 e. The molecule has 112 valence electrons. The molecule has 1 aromatic carbocycles. The summed E-state index contributed by atoms with van der Waals surface area (Å²) in [6.07, 6.45) is 0. The molecule has 7 heteroatoms. The number of thioether (sulfide) groups is 1. The van der Waals surface area contributed by atoms with E-state index in [1.807, 2.05) is 0 Å². The third-order valence-electron chi connectivity index (χ3n) is 2.86. The number of aliphatic carboxylic acids is 1. The van der Waals surface area contributed by atoms with E-state index in [1.165, 1.54) is 11.8 Å². The zero-order valence-electron chi connectivity index (χ0n) is 11.3. The molecule has 0 radical (unpaired) electrons. The van der Waals surface area contributed by atoms with Gasteiger partial charge in [0.2, 0.25) is 0 Å². The Kier molecular flexibility index (Phi) is 5.14. The van der Waals surface area contributed by atoms with E-state index in [0.29, 0.717) is 22.9 Å². The second kappa shape index (κ2) is 6.87. The van der Waals surface area contributed by atoms with Crippen molar-refractivity contribution in [2.45, 2.75) is 6.92 Å². The van der Waals surface area contributed by atoms with Gasteiger partial charge in [-0.3, -0.25) is 9.59 Å². The second-order valence-electron chi connectivity index (χ2n) is 4.40. The van der Waals surface area contributed by atoms with Crippen LogP contribution in [0.5, 0.6) is 0 Å². The monoisotopic (exact) mass is 327 g/mol. The Balaban J connectivity index is 1.99. The van der Waals surface area contributed by atoms with Crippen molar-refractivity contribution in [3.05, 3.63) is 34.5 Å². The summed E-state index contributed by atoms with van der Waals surface area (Å²) in [5, 5.41) is 12.6. The molecule has 0 bridgehead atoms. The van der Waals surface area contributed by atoms with E-state index in [9.17, 15) is 9.59 Å². The highest BCUT2D eigenvalue weighted by atomic mass is 35.5. The lowest BCUT2D eigenvalue weighted by molar-refractivity contribution is -0.133. The Labute approximate surface area is 130 Å². The number of carboxylic acids is 1. The molecule has 0 aliphatic heterocycles. The molecular weight excluding hydrogens is 314 g/mol. The third kappa shape index (κ3) is 3.92. The molecule has 0 saturated carbocycles. The van der Waals surface area contributed by atoms with Gasteiger partial charge in [-0.2, -0.15) is 0 Å². The molecule has 0 saturated heterocycles. The fourth-order valence-corrected chi connectivity index (χ4v) is 2.62. The summed E-state index contributed by atoms with van der Waals surface area (Å²) in [4.78, 5) is 22.4. The van der Waals surface area contributed by atoms with Crippen LogP contribution in [-0.4, -0.2) is 35.0 Å². The maximum Gasteiger partial charge on any atom is 0.313 e. The van der Waals surface area contributed by atoms with Gasteiger partial charge >= 0.3 is 5.97 Å². The maximum atomic E-state index is 12.1. The first-order valence-electron chi connectivity index (χ1n) is 6.25. The molecule has 0 atom stereocenters. The van der Waals surface area contributed by atoms with E-state index in [-0.39, 0.29) is 17.4 Å². The molecule has 21 heavy (non-hydrogen) atoms. The number of rotatable bonds is 6. The average molecular weight is 328 g/mol. The molecule has 2 N–H and O–H groups in total. The number of fused-ring (bicyclic) bond motifs is 1. The van der Waals surface area contributed by atoms with E-state index in [4.69, 9.17) is 21.1 Å². The predicted molar refractivity (Wildman–Crippen MR) is 83.3 cm³/mol. The van der Waals surface area contributed by atoms with E-state index < -0.39 is 5.97 Å². The minimum atomic E-state index is -0.865. The molecule has 1 heterocycles. The van der Waals surface area contributed by atoms with Gasteiger partial charge in [-0.25, -0.2) is 0 Å². The molecule has 5 nitrogen and oxygen atoms in total. The predicted octanol–water partition coefficient (Wildman–Crippen LogP) is 2.94. The Morgan fingerprint density at radius 1 is 1.43 bits per heavy atom. The summed E-state index contributed by atoms with van der Waals surface area (Å²) in [5.41, 5.74) is 1.35. The number of hydrogen-bond acceptors (Lipinski definition) is 4. The first-order valence-corrected chi connectivity index (χ1v) is 7.78. The number of aryl methyl sites for hydroxylation is 1. The number of amides is 1. The van der Waals surface area contributed by atoms with Gasteiger partial charge in [0, 0.05) is 28.3 Å². The molecule has 0 aliphatic carbocycles. The first-order chi connectivity index (χ1) is 9.99. The van der Waals surface area contributed by atoms with Crippen molar-refractivity contribution < 1.29 is 19.1 Å². The minimum Gasteiger partial charge on any atom is -0.481 e. The molecule has 1 amide bonds. The van der Waals surface area contributed by atoms with Crippen molar-refractivity contribution in [3.8, 4) is 0 Å². The Morgan fingerprint density at radius 2 is 2.19 bits per heavy atom. The summed E-state index contributed by atoms with van der Waals surface area (Å²) >= 11 is 7.18. The van der Waals surface area contributed by atoms with Gasteiger partial charge < -0.3 is 14.8 Å². The van der Waals surface area contributed by atoms with E-state index in [0.717, 1.165) is 10.9 Å². The summed E-state index contributed by atoms with van der Waals surface area (Å²) in [7, 11) is 0. The quantitative estimate of drug-likeness (QED) is 0.797. The molecule has 0 spiro atoms. The summed E-state index contributed by atoms with van der Waals surface area (Å²) in [5.74, 6) is -0.358. The average Bonchev–Trinajstić information content (AvgIpc) is 2.75. The van der Waals surface area contributed by atoms with Gasteiger partial charge in [0.05, 0.1) is 5.75 Å². The third-order valence-corrected chi connectivity index (χ3v) is 4.04. The highest BCUT2D eigenvalue weighted by Gasteiger charge is 2.17. The van der Waals surface area contributed by atoms with Crippen LogP contribution in [-0.2, 0) is 4.79 Å². The van der Waals surface area contributed by atoms with Gasteiger partial charge in [0.25, 0.3) is 5.91 Å². The second-order valence-corrected chi connectivity index (χ2v) is 5.94. The van der Waals surface area contributed by atoms with Crippen LogP contribution in [0.15, 0.2) is 22.6 Å². The van der Waals surface area contributed by atoms with Crippen molar-refractivity contribution in [2.24, 2.45) is 0 Å². The number of hydrogen-bond donors (Lipinski definition) is 2. The standard InChI is InChI=1S/C14H14ClNO4S/c1-8-10-6-9(15)2-3-11(10)20-13(8)14(19)16-4-5-21-7-12(17)18/h2-3,6H,4-5,7H2,1H3,(H,16,19)(H,17,18). The molecule has 0 aliphatic rings. The van der Waals surface area contributed by atoms with Crippen molar-refractivity contribution in [3.63, 3.8) is 0 Å². The van der Waals surface area contributed by atoms with Crippen molar-refractivity contribution >= 4 is 46.2 Å². The lowest BCUT2D eigenvalue weighted by Gasteiger charge is -2.02. The van der Waals surface area contributed by atoms with Crippen LogP contribution in [0, 0.1) is 6.92 Å². The van der Waals surface area contributed by atoms with Gasteiger partial charge in [-0.05, 0) is 25.1 Å². The fraction of sp³-hybridized carbons (Fsp3) is 0.286. The van der Waals surface area contributed by atoms with Gasteiger partial charge in [0.1, 0.15) is 5.58 Å². The van der Waals surface area contributed by atoms with Gasteiger partial charge in [0.15, 0.2) is 5.76 Å². The molecule has 0 unspecified atom stereocenters. The number of carboxylic acid groups (broad SMARTS) is 1. The first kappa shape index (κ1) is 15.7. The summed E-state index contributed by atoms with van der Waals surface area (Å²) < 4.78 is 5.54. The fourth-order valence-electron chi connectivity index (χ4n) is 1.89. The molecule has 1 aromatic heterocycles. The molecule has 2 aromatic rings. The maximum absolute atomic E-state index is 12.1. The highest BCUT2D eigenvalue weighted by Crippen LogP contribution is 2.27. The van der Waals surface area contributed by atoms with Gasteiger partial charge in [-0.1, -0.05) is 11.6 Å². The van der Waals surface area contributed by atoms with Gasteiger partial charge in [-0.15, -0.1) is 11.8 Å². The van der Waals surface area contributed by atoms with E-state index in [1.54, 1.807) is 25.1 Å². The number of carbonyl (C=O) groups is 2. The van der Waals surface area contributed by atoms with Crippen LogP contribution in [0.1, 0.15) is 16.1 Å². The Bertz CT molecular complexity index is 683. The van der Waals surface area contributed by atoms with Crippen LogP contribution in [0.2, 0.25) is 5.02 Å². The number of halogens is 1. The topological polar surface area (TPSA) is 79.5 Å². The number of benzene rings is 1. The number of furan rings is 1.